The van der Waals surface area contributed by atoms with E-state index in [0.29, 0.717) is 13.2 Å². The molecule has 0 spiro atoms. The van der Waals surface area contributed by atoms with Crippen LogP contribution in [0.2, 0.25) is 0 Å². The minimum Gasteiger partial charge on any atom is -0.480 e. The molecule has 1 rings (SSSR count). The van der Waals surface area contributed by atoms with Crippen LogP contribution in [0, 0.1) is 5.92 Å². The Labute approximate surface area is 80.9 Å². The van der Waals surface area contributed by atoms with Gasteiger partial charge in [0.1, 0.15) is 6.23 Å². The van der Waals surface area contributed by atoms with Gasteiger partial charge in [-0.25, -0.2) is 0 Å². The van der Waals surface area contributed by atoms with E-state index in [1.807, 2.05) is 0 Å². The third-order valence-corrected chi connectivity index (χ3v) is 2.05. The van der Waals surface area contributed by atoms with E-state index in [2.05, 4.69) is 5.32 Å². The van der Waals surface area contributed by atoms with Crippen LogP contribution in [-0.2, 0) is 14.3 Å². The van der Waals surface area contributed by atoms with Crippen LogP contribution in [0.5, 0.6) is 0 Å². The predicted octanol–water partition coefficient (Wildman–Crippen LogP) is -0.502. The number of carboxylic acids is 2. The lowest BCUT2D eigenvalue weighted by Crippen LogP contribution is -2.45. The molecule has 0 aromatic carbocycles. The number of nitrogens with one attached hydrogen (secondary N) is 1. The first-order valence-corrected chi connectivity index (χ1v) is 4.43. The Kier molecular flexibility index (Phi) is 3.84. The normalized spacial score (nSPS) is 23.1. The summed E-state index contributed by atoms with van der Waals surface area (Å²) in [5.74, 6) is -4.29. The zero-order valence-corrected chi connectivity index (χ0v) is 7.60. The molecule has 1 atom stereocenters. The molecular formula is C8H13NO5. The highest BCUT2D eigenvalue weighted by atomic mass is 16.5. The molecule has 1 fully saturated rings. The van der Waals surface area contributed by atoms with E-state index >= 15 is 0 Å². The third kappa shape index (κ3) is 2.68. The summed E-state index contributed by atoms with van der Waals surface area (Å²) in [6.07, 6.45) is 0.755. The minimum atomic E-state index is -1.53. The van der Waals surface area contributed by atoms with E-state index in [4.69, 9.17) is 14.9 Å². The van der Waals surface area contributed by atoms with Crippen molar-refractivity contribution < 1.29 is 24.5 Å². The van der Waals surface area contributed by atoms with E-state index in [1.165, 1.54) is 0 Å². The molecule has 14 heavy (non-hydrogen) atoms. The summed E-state index contributed by atoms with van der Waals surface area (Å²) in [5, 5.41) is 20.1. The number of hydrogen-bond acceptors (Lipinski definition) is 4. The number of carboxylic acid groups (broad SMARTS) is 2. The Morgan fingerprint density at radius 3 is 2.50 bits per heavy atom. The van der Waals surface area contributed by atoms with Gasteiger partial charge in [-0.05, 0) is 19.4 Å². The fraction of sp³-hybridized carbons (Fsp3) is 0.750. The van der Waals surface area contributed by atoms with Gasteiger partial charge < -0.3 is 14.9 Å². The molecule has 1 saturated heterocycles. The molecule has 6 nitrogen and oxygen atoms in total. The molecule has 0 aliphatic carbocycles. The Hall–Kier alpha value is -1.14. The molecule has 80 valence electrons. The molecule has 1 unspecified atom stereocenters. The highest BCUT2D eigenvalue weighted by Crippen LogP contribution is 2.10. The van der Waals surface area contributed by atoms with E-state index in [9.17, 15) is 9.59 Å². The van der Waals surface area contributed by atoms with Crippen molar-refractivity contribution in [1.29, 1.82) is 0 Å². The van der Waals surface area contributed by atoms with E-state index in [0.717, 1.165) is 12.8 Å². The molecule has 1 aliphatic rings. The highest BCUT2D eigenvalue weighted by Gasteiger charge is 2.36. The maximum absolute atomic E-state index is 10.7. The molecule has 1 heterocycles. The SMILES string of the molecule is O=C(O)C(C(=O)O)C1NCCCCO1. The van der Waals surface area contributed by atoms with E-state index < -0.39 is 24.1 Å². The van der Waals surface area contributed by atoms with Gasteiger partial charge in [-0.15, -0.1) is 0 Å². The standard InChI is InChI=1S/C8H13NO5/c10-7(11)5(8(12)13)6-9-3-1-2-4-14-6/h5-6,9H,1-4H2,(H,10,11)(H,12,13). The second kappa shape index (κ2) is 4.92. The van der Waals surface area contributed by atoms with E-state index in [1.54, 1.807) is 0 Å². The Morgan fingerprint density at radius 2 is 1.93 bits per heavy atom. The monoisotopic (exact) mass is 203 g/mol. The third-order valence-electron chi connectivity index (χ3n) is 2.05. The topological polar surface area (TPSA) is 95.9 Å². The highest BCUT2D eigenvalue weighted by molar-refractivity contribution is 5.93. The first-order valence-electron chi connectivity index (χ1n) is 4.43. The average molecular weight is 203 g/mol. The first kappa shape index (κ1) is 10.9. The van der Waals surface area contributed by atoms with Crippen LogP contribution in [0.25, 0.3) is 0 Å². The Bertz CT molecular complexity index is 208. The van der Waals surface area contributed by atoms with Crippen LogP contribution in [0.15, 0.2) is 0 Å². The van der Waals surface area contributed by atoms with Gasteiger partial charge in [-0.1, -0.05) is 0 Å². The van der Waals surface area contributed by atoms with Gasteiger partial charge in [0.25, 0.3) is 0 Å². The van der Waals surface area contributed by atoms with Crippen LogP contribution in [0.3, 0.4) is 0 Å². The van der Waals surface area contributed by atoms with Crippen molar-refractivity contribution in [3.8, 4) is 0 Å². The summed E-state index contributed by atoms with van der Waals surface area (Å²) < 4.78 is 5.11. The van der Waals surface area contributed by atoms with E-state index in [-0.39, 0.29) is 0 Å². The second-order valence-electron chi connectivity index (χ2n) is 3.11. The van der Waals surface area contributed by atoms with Crippen molar-refractivity contribution in [3.05, 3.63) is 0 Å². The number of aliphatic carboxylic acids is 2. The quantitative estimate of drug-likeness (QED) is 0.535. The van der Waals surface area contributed by atoms with Gasteiger partial charge in [0, 0.05) is 6.61 Å². The zero-order valence-electron chi connectivity index (χ0n) is 7.60. The zero-order chi connectivity index (χ0) is 10.6. The lowest BCUT2D eigenvalue weighted by atomic mass is 10.1. The molecule has 0 aromatic rings. The smallest absolute Gasteiger partial charge is 0.322 e. The maximum Gasteiger partial charge on any atom is 0.322 e. The summed E-state index contributed by atoms with van der Waals surface area (Å²) in [4.78, 5) is 21.3. The van der Waals surface area contributed by atoms with Crippen LogP contribution >= 0.6 is 0 Å². The van der Waals surface area contributed by atoms with Crippen molar-refractivity contribution in [2.24, 2.45) is 5.92 Å². The van der Waals surface area contributed by atoms with Gasteiger partial charge >= 0.3 is 11.9 Å². The molecule has 1 aliphatic heterocycles. The summed E-state index contributed by atoms with van der Waals surface area (Å²) in [6, 6.07) is 0. The molecule has 0 saturated carbocycles. The van der Waals surface area contributed by atoms with Crippen molar-refractivity contribution in [2.75, 3.05) is 13.2 Å². The summed E-state index contributed by atoms with van der Waals surface area (Å²) in [7, 11) is 0. The number of carbonyl (C=O) groups is 2. The number of hydrogen-bond donors (Lipinski definition) is 3. The molecule has 3 N–H and O–H groups in total. The van der Waals surface area contributed by atoms with Gasteiger partial charge in [0.2, 0.25) is 0 Å². The number of ether oxygens (including phenoxy) is 1. The lowest BCUT2D eigenvalue weighted by Gasteiger charge is -2.19. The molecule has 0 radical (unpaired) electrons. The van der Waals surface area contributed by atoms with Crippen molar-refractivity contribution in [3.63, 3.8) is 0 Å². The maximum atomic E-state index is 10.7. The van der Waals surface area contributed by atoms with Gasteiger partial charge in [-0.3, -0.25) is 14.9 Å². The summed E-state index contributed by atoms with van der Waals surface area (Å²) in [5.41, 5.74) is 0. The first-order chi connectivity index (χ1) is 6.63. The van der Waals surface area contributed by atoms with Gasteiger partial charge in [0.05, 0.1) is 0 Å². The van der Waals surface area contributed by atoms with Crippen molar-refractivity contribution in [2.45, 2.75) is 19.1 Å². The fourth-order valence-corrected chi connectivity index (χ4v) is 1.32. The second-order valence-corrected chi connectivity index (χ2v) is 3.11. The average Bonchev–Trinajstić information content (AvgIpc) is 2.31. The van der Waals surface area contributed by atoms with Crippen LogP contribution in [-0.4, -0.2) is 41.5 Å². The Morgan fingerprint density at radius 1 is 1.29 bits per heavy atom. The minimum absolute atomic E-state index is 0.398. The van der Waals surface area contributed by atoms with Gasteiger partial charge in [0.15, 0.2) is 5.92 Å². The number of rotatable bonds is 3. The molecular weight excluding hydrogens is 190 g/mol. The molecule has 0 bridgehead atoms. The predicted molar refractivity (Wildman–Crippen MR) is 45.7 cm³/mol. The summed E-state index contributed by atoms with van der Waals surface area (Å²) in [6.45, 7) is 0.983. The Balaban J connectivity index is 2.65. The summed E-state index contributed by atoms with van der Waals surface area (Å²) >= 11 is 0. The molecule has 0 amide bonds. The van der Waals surface area contributed by atoms with Crippen LogP contribution in [0.1, 0.15) is 12.8 Å². The van der Waals surface area contributed by atoms with Crippen molar-refractivity contribution in [1.82, 2.24) is 5.32 Å². The molecule has 0 aromatic heterocycles. The fourth-order valence-electron chi connectivity index (χ4n) is 1.32. The largest absolute Gasteiger partial charge is 0.480 e. The molecule has 6 heteroatoms. The lowest BCUT2D eigenvalue weighted by molar-refractivity contribution is -0.163. The van der Waals surface area contributed by atoms with Crippen molar-refractivity contribution >= 4 is 11.9 Å². The van der Waals surface area contributed by atoms with Crippen LogP contribution in [0.4, 0.5) is 0 Å². The van der Waals surface area contributed by atoms with Crippen LogP contribution < -0.4 is 5.32 Å². The van der Waals surface area contributed by atoms with Gasteiger partial charge in [-0.2, -0.15) is 0 Å².